The molecule has 0 atom stereocenters. The van der Waals surface area contributed by atoms with E-state index in [9.17, 15) is 4.79 Å². The second-order valence-corrected chi connectivity index (χ2v) is 5.46. The van der Waals surface area contributed by atoms with Crippen LogP contribution in [0.1, 0.15) is 11.5 Å². The molecule has 0 spiro atoms. The van der Waals surface area contributed by atoms with Crippen LogP contribution < -0.4 is 5.43 Å². The van der Waals surface area contributed by atoms with E-state index in [2.05, 4.69) is 36.4 Å². The lowest BCUT2D eigenvalue weighted by atomic mass is 10.4. The van der Waals surface area contributed by atoms with Crippen LogP contribution in [-0.2, 0) is 4.79 Å². The fourth-order valence-corrected chi connectivity index (χ4v) is 2.14. The topological polar surface area (TPSA) is 80.4 Å². The third-order valence-corrected chi connectivity index (χ3v) is 3.79. The van der Waals surface area contributed by atoms with Gasteiger partial charge in [-0.3, -0.25) is 4.79 Å². The molecule has 0 saturated carbocycles. The molecule has 2 heterocycles. The van der Waals surface area contributed by atoms with Gasteiger partial charge in [-0.15, -0.1) is 0 Å². The minimum atomic E-state index is -0.235. The largest absolute Gasteiger partial charge is 0.459 e. The van der Waals surface area contributed by atoms with Crippen molar-refractivity contribution in [1.82, 2.24) is 15.4 Å². The number of furan rings is 1. The van der Waals surface area contributed by atoms with Crippen molar-refractivity contribution < 1.29 is 9.21 Å². The monoisotopic (exact) mass is 354 g/mol. The molecule has 0 aliphatic rings. The van der Waals surface area contributed by atoms with Gasteiger partial charge in [-0.05, 0) is 28.9 Å². The molecule has 0 bridgehead atoms. The van der Waals surface area contributed by atoms with Gasteiger partial charge in [-0.25, -0.2) is 15.4 Å². The zero-order chi connectivity index (χ0) is 14.4. The van der Waals surface area contributed by atoms with E-state index in [4.69, 9.17) is 4.42 Å². The summed E-state index contributed by atoms with van der Waals surface area (Å²) in [5, 5.41) is 4.37. The first-order valence-corrected chi connectivity index (χ1v) is 7.40. The maximum atomic E-state index is 11.5. The highest BCUT2D eigenvalue weighted by atomic mass is 79.9. The summed E-state index contributed by atoms with van der Waals surface area (Å²) >= 11 is 4.57. The van der Waals surface area contributed by atoms with Crippen molar-refractivity contribution in [2.75, 3.05) is 5.75 Å². The van der Waals surface area contributed by atoms with Gasteiger partial charge in [0, 0.05) is 18.5 Å². The number of hydrogen-bond acceptors (Lipinski definition) is 6. The summed E-state index contributed by atoms with van der Waals surface area (Å²) in [4.78, 5) is 19.5. The number of aromatic nitrogens is 2. The fraction of sp³-hybridized carbons (Fsp3) is 0.167. The lowest BCUT2D eigenvalue weighted by Gasteiger charge is -1.98. The van der Waals surface area contributed by atoms with Crippen LogP contribution in [0.5, 0.6) is 0 Å². The minimum absolute atomic E-state index is 0.197. The molecular formula is C12H11BrN4O2S. The molecule has 0 aliphatic heterocycles. The molecule has 104 valence electrons. The molecule has 1 amide bonds. The SMILES string of the molecule is Cc1oc(/C=N\NC(=O)CSc2ncccn2)cc1Br. The second-order valence-electron chi connectivity index (χ2n) is 3.67. The fourth-order valence-electron chi connectivity index (χ4n) is 1.24. The van der Waals surface area contributed by atoms with Crippen LogP contribution in [0.2, 0.25) is 0 Å². The maximum Gasteiger partial charge on any atom is 0.250 e. The van der Waals surface area contributed by atoms with Gasteiger partial charge in [0.1, 0.15) is 11.5 Å². The highest BCUT2D eigenvalue weighted by Crippen LogP contribution is 2.19. The van der Waals surface area contributed by atoms with Crippen molar-refractivity contribution in [1.29, 1.82) is 0 Å². The van der Waals surface area contributed by atoms with Crippen molar-refractivity contribution in [3.05, 3.63) is 40.5 Å². The van der Waals surface area contributed by atoms with E-state index in [-0.39, 0.29) is 11.7 Å². The molecule has 0 saturated heterocycles. The minimum Gasteiger partial charge on any atom is -0.459 e. The number of rotatable bonds is 5. The summed E-state index contributed by atoms with van der Waals surface area (Å²) in [6, 6.07) is 3.50. The Balaban J connectivity index is 1.77. The molecule has 0 fully saturated rings. The molecule has 20 heavy (non-hydrogen) atoms. The predicted molar refractivity (Wildman–Crippen MR) is 79.6 cm³/mol. The molecule has 0 aromatic carbocycles. The molecule has 0 radical (unpaired) electrons. The third kappa shape index (κ3) is 4.46. The van der Waals surface area contributed by atoms with Crippen molar-refractivity contribution in [3.8, 4) is 0 Å². The van der Waals surface area contributed by atoms with Gasteiger partial charge < -0.3 is 4.42 Å². The molecule has 8 heteroatoms. The average Bonchev–Trinajstić information content (AvgIpc) is 2.76. The molecule has 2 aromatic rings. The summed E-state index contributed by atoms with van der Waals surface area (Å²) in [7, 11) is 0. The zero-order valence-corrected chi connectivity index (χ0v) is 12.9. The summed E-state index contributed by atoms with van der Waals surface area (Å²) < 4.78 is 6.22. The Morgan fingerprint density at radius 2 is 2.30 bits per heavy atom. The van der Waals surface area contributed by atoms with Gasteiger partial charge in [0.05, 0.1) is 16.4 Å². The van der Waals surface area contributed by atoms with Crippen LogP contribution in [0.4, 0.5) is 0 Å². The number of aryl methyl sites for hydroxylation is 1. The van der Waals surface area contributed by atoms with Crippen LogP contribution in [0, 0.1) is 6.92 Å². The Labute approximate surface area is 128 Å². The summed E-state index contributed by atoms with van der Waals surface area (Å²) in [5.41, 5.74) is 2.41. The Morgan fingerprint density at radius 3 is 2.95 bits per heavy atom. The molecule has 6 nitrogen and oxygen atoms in total. The number of carbonyl (C=O) groups excluding carboxylic acids is 1. The predicted octanol–water partition coefficient (Wildman–Crippen LogP) is 2.38. The molecule has 1 N–H and O–H groups in total. The van der Waals surface area contributed by atoms with Gasteiger partial charge in [0.2, 0.25) is 0 Å². The highest BCUT2D eigenvalue weighted by molar-refractivity contribution is 9.10. The van der Waals surface area contributed by atoms with Crippen molar-refractivity contribution in [2.24, 2.45) is 5.10 Å². The third-order valence-electron chi connectivity index (χ3n) is 2.13. The smallest absolute Gasteiger partial charge is 0.250 e. The molecule has 2 aromatic heterocycles. The van der Waals surface area contributed by atoms with E-state index in [1.54, 1.807) is 24.5 Å². The molecule has 0 aliphatic carbocycles. The Kier molecular flexibility index (Phi) is 5.31. The van der Waals surface area contributed by atoms with Crippen LogP contribution >= 0.6 is 27.7 Å². The highest BCUT2D eigenvalue weighted by Gasteiger charge is 2.04. The van der Waals surface area contributed by atoms with Gasteiger partial charge in [0.15, 0.2) is 5.16 Å². The second kappa shape index (κ2) is 7.20. The van der Waals surface area contributed by atoms with Crippen LogP contribution in [0.3, 0.4) is 0 Å². The van der Waals surface area contributed by atoms with Gasteiger partial charge in [-0.1, -0.05) is 11.8 Å². The van der Waals surface area contributed by atoms with E-state index in [1.807, 2.05) is 6.92 Å². The van der Waals surface area contributed by atoms with E-state index in [0.29, 0.717) is 10.9 Å². The number of amides is 1. The Bertz CT molecular complexity index is 596. The van der Waals surface area contributed by atoms with E-state index >= 15 is 0 Å². The Hall–Kier alpha value is -1.67. The molecule has 2 rings (SSSR count). The number of hydrogen-bond donors (Lipinski definition) is 1. The van der Waals surface area contributed by atoms with Gasteiger partial charge in [-0.2, -0.15) is 5.10 Å². The molecular weight excluding hydrogens is 344 g/mol. The van der Waals surface area contributed by atoms with Crippen molar-refractivity contribution >= 4 is 39.8 Å². The van der Waals surface area contributed by atoms with Crippen LogP contribution in [-0.4, -0.2) is 27.8 Å². The standard InChI is InChI=1S/C12H11BrN4O2S/c1-8-10(13)5-9(19-8)6-16-17-11(18)7-20-12-14-3-2-4-15-12/h2-6H,7H2,1H3,(H,17,18)/b16-6-. The van der Waals surface area contributed by atoms with E-state index in [1.165, 1.54) is 18.0 Å². The summed E-state index contributed by atoms with van der Waals surface area (Å²) in [5.74, 6) is 1.28. The number of nitrogens with zero attached hydrogens (tertiary/aromatic N) is 3. The number of nitrogens with one attached hydrogen (secondary N) is 1. The van der Waals surface area contributed by atoms with Crippen LogP contribution in [0.25, 0.3) is 0 Å². The lowest BCUT2D eigenvalue weighted by Crippen LogP contribution is -2.19. The van der Waals surface area contributed by atoms with Gasteiger partial charge in [0.25, 0.3) is 5.91 Å². The lowest BCUT2D eigenvalue weighted by molar-refractivity contribution is -0.118. The zero-order valence-electron chi connectivity index (χ0n) is 10.5. The first-order valence-electron chi connectivity index (χ1n) is 5.63. The van der Waals surface area contributed by atoms with Crippen molar-refractivity contribution in [3.63, 3.8) is 0 Å². The maximum absolute atomic E-state index is 11.5. The molecule has 0 unspecified atom stereocenters. The average molecular weight is 355 g/mol. The first-order chi connectivity index (χ1) is 9.65. The van der Waals surface area contributed by atoms with E-state index in [0.717, 1.165) is 10.2 Å². The number of hydrazone groups is 1. The number of halogens is 1. The van der Waals surface area contributed by atoms with Crippen LogP contribution in [0.15, 0.2) is 43.7 Å². The summed E-state index contributed by atoms with van der Waals surface area (Å²) in [6.07, 6.45) is 4.70. The van der Waals surface area contributed by atoms with Gasteiger partial charge >= 0.3 is 0 Å². The summed E-state index contributed by atoms with van der Waals surface area (Å²) in [6.45, 7) is 1.83. The first kappa shape index (κ1) is 14.7. The van der Waals surface area contributed by atoms with Crippen molar-refractivity contribution in [2.45, 2.75) is 12.1 Å². The Morgan fingerprint density at radius 1 is 1.55 bits per heavy atom. The number of thioether (sulfide) groups is 1. The normalized spacial score (nSPS) is 10.9. The van der Waals surface area contributed by atoms with E-state index < -0.39 is 0 Å². The quantitative estimate of drug-likeness (QED) is 0.386. The number of carbonyl (C=O) groups is 1.